The molecular weight excluding hydrogens is 352 g/mol. The van der Waals surface area contributed by atoms with Gasteiger partial charge in [0.05, 0.1) is 12.3 Å². The first-order valence-electron chi connectivity index (χ1n) is 7.92. The lowest BCUT2D eigenvalue weighted by atomic mass is 10.2. The molecule has 2 rings (SSSR count). The molecule has 136 valence electrons. The van der Waals surface area contributed by atoms with E-state index in [-0.39, 0.29) is 24.8 Å². The van der Waals surface area contributed by atoms with Crippen molar-refractivity contribution in [1.82, 2.24) is 4.72 Å². The van der Waals surface area contributed by atoms with E-state index in [1.807, 2.05) is 6.07 Å². The summed E-state index contributed by atoms with van der Waals surface area (Å²) >= 11 is 0. The Morgan fingerprint density at radius 3 is 2.58 bits per heavy atom. The van der Waals surface area contributed by atoms with Crippen LogP contribution in [-0.4, -0.2) is 27.5 Å². The van der Waals surface area contributed by atoms with Crippen LogP contribution in [0.15, 0.2) is 54.6 Å². The molecule has 0 bridgehead atoms. The predicted molar refractivity (Wildman–Crippen MR) is 101 cm³/mol. The topological polar surface area (TPSA) is 84.5 Å². The Kier molecular flexibility index (Phi) is 7.21. The van der Waals surface area contributed by atoms with E-state index in [1.165, 1.54) is 6.92 Å². The molecule has 1 amide bonds. The van der Waals surface area contributed by atoms with E-state index in [0.717, 1.165) is 5.56 Å². The molecule has 2 N–H and O–H groups in total. The van der Waals surface area contributed by atoms with Gasteiger partial charge in [0.1, 0.15) is 12.4 Å². The van der Waals surface area contributed by atoms with Crippen molar-refractivity contribution >= 4 is 21.6 Å². The molecule has 26 heavy (non-hydrogen) atoms. The molecule has 0 atom stereocenters. The van der Waals surface area contributed by atoms with Crippen LogP contribution in [0.5, 0.6) is 5.75 Å². The molecule has 0 unspecified atom stereocenters. The maximum atomic E-state index is 11.9. The van der Waals surface area contributed by atoms with Crippen molar-refractivity contribution in [3.8, 4) is 17.6 Å². The summed E-state index contributed by atoms with van der Waals surface area (Å²) in [5.74, 6) is 5.77. The number of sulfonamides is 1. The SMILES string of the molecule is CC(=O)Nc1cccc(OCC#CCNS(=O)(=O)Cc2ccccc2)c1. The Bertz CT molecular complexity index is 900. The van der Waals surface area contributed by atoms with E-state index < -0.39 is 10.0 Å². The molecule has 0 fully saturated rings. The first kappa shape index (κ1) is 19.5. The summed E-state index contributed by atoms with van der Waals surface area (Å²) in [6, 6.07) is 15.9. The number of hydrogen-bond acceptors (Lipinski definition) is 4. The zero-order valence-electron chi connectivity index (χ0n) is 14.4. The quantitative estimate of drug-likeness (QED) is 0.730. The molecule has 2 aromatic rings. The van der Waals surface area contributed by atoms with Gasteiger partial charge in [0.25, 0.3) is 0 Å². The summed E-state index contributed by atoms with van der Waals surface area (Å²) in [6.07, 6.45) is 0. The highest BCUT2D eigenvalue weighted by Crippen LogP contribution is 2.16. The maximum absolute atomic E-state index is 11.9. The maximum Gasteiger partial charge on any atom is 0.221 e. The summed E-state index contributed by atoms with van der Waals surface area (Å²) in [7, 11) is -3.42. The third-order valence-electron chi connectivity index (χ3n) is 3.17. The van der Waals surface area contributed by atoms with Crippen molar-refractivity contribution in [3.63, 3.8) is 0 Å². The first-order valence-corrected chi connectivity index (χ1v) is 9.57. The lowest BCUT2D eigenvalue weighted by Gasteiger charge is -2.05. The minimum Gasteiger partial charge on any atom is -0.481 e. The Balaban J connectivity index is 1.76. The van der Waals surface area contributed by atoms with E-state index >= 15 is 0 Å². The average Bonchev–Trinajstić information content (AvgIpc) is 2.58. The van der Waals surface area contributed by atoms with Gasteiger partial charge < -0.3 is 10.1 Å². The van der Waals surface area contributed by atoms with Gasteiger partial charge >= 0.3 is 0 Å². The largest absolute Gasteiger partial charge is 0.481 e. The highest BCUT2D eigenvalue weighted by atomic mass is 32.2. The zero-order chi connectivity index (χ0) is 18.8. The Labute approximate surface area is 153 Å². The normalized spacial score (nSPS) is 10.5. The van der Waals surface area contributed by atoms with Gasteiger partial charge in [-0.05, 0) is 17.7 Å². The minimum atomic E-state index is -3.42. The van der Waals surface area contributed by atoms with E-state index in [1.54, 1.807) is 48.5 Å². The van der Waals surface area contributed by atoms with Crippen LogP contribution in [0.1, 0.15) is 12.5 Å². The van der Waals surface area contributed by atoms with Crippen LogP contribution >= 0.6 is 0 Å². The van der Waals surface area contributed by atoms with Gasteiger partial charge in [-0.2, -0.15) is 0 Å². The summed E-state index contributed by atoms with van der Waals surface area (Å²) < 4.78 is 31.8. The molecule has 0 aliphatic heterocycles. The van der Waals surface area contributed by atoms with Gasteiger partial charge in [-0.15, -0.1) is 0 Å². The Morgan fingerprint density at radius 1 is 1.08 bits per heavy atom. The van der Waals surface area contributed by atoms with Crippen molar-refractivity contribution in [2.75, 3.05) is 18.5 Å². The number of carbonyl (C=O) groups is 1. The second-order valence-electron chi connectivity index (χ2n) is 5.42. The number of rotatable bonds is 7. The molecule has 0 saturated heterocycles. The van der Waals surface area contributed by atoms with Crippen molar-refractivity contribution in [2.24, 2.45) is 0 Å². The van der Waals surface area contributed by atoms with Crippen molar-refractivity contribution in [2.45, 2.75) is 12.7 Å². The second kappa shape index (κ2) is 9.61. The molecule has 0 saturated carbocycles. The lowest BCUT2D eigenvalue weighted by molar-refractivity contribution is -0.114. The van der Waals surface area contributed by atoms with Gasteiger partial charge in [0.15, 0.2) is 0 Å². The van der Waals surface area contributed by atoms with Crippen molar-refractivity contribution in [1.29, 1.82) is 0 Å². The molecule has 2 aromatic carbocycles. The fraction of sp³-hybridized carbons (Fsp3) is 0.211. The average molecular weight is 372 g/mol. The van der Waals surface area contributed by atoms with Crippen LogP contribution in [0.4, 0.5) is 5.69 Å². The fourth-order valence-corrected chi connectivity index (χ4v) is 3.12. The highest BCUT2D eigenvalue weighted by Gasteiger charge is 2.09. The number of carbonyl (C=O) groups excluding carboxylic acids is 1. The number of nitrogens with one attached hydrogen (secondary N) is 2. The zero-order valence-corrected chi connectivity index (χ0v) is 15.2. The molecule has 0 aliphatic carbocycles. The number of hydrogen-bond donors (Lipinski definition) is 2. The van der Waals surface area contributed by atoms with Crippen LogP contribution in [-0.2, 0) is 20.6 Å². The van der Waals surface area contributed by atoms with Crippen molar-refractivity contribution < 1.29 is 17.9 Å². The predicted octanol–water partition coefficient (Wildman–Crippen LogP) is 2.15. The van der Waals surface area contributed by atoms with Gasteiger partial charge in [-0.25, -0.2) is 13.1 Å². The highest BCUT2D eigenvalue weighted by molar-refractivity contribution is 7.88. The van der Waals surface area contributed by atoms with Crippen LogP contribution in [0.2, 0.25) is 0 Å². The summed E-state index contributed by atoms with van der Waals surface area (Å²) in [5.41, 5.74) is 1.35. The monoisotopic (exact) mass is 372 g/mol. The van der Waals surface area contributed by atoms with Gasteiger partial charge in [-0.1, -0.05) is 48.2 Å². The second-order valence-corrected chi connectivity index (χ2v) is 7.22. The van der Waals surface area contributed by atoms with Gasteiger partial charge in [-0.3, -0.25) is 4.79 Å². The summed E-state index contributed by atoms with van der Waals surface area (Å²) in [5, 5.41) is 2.66. The lowest BCUT2D eigenvalue weighted by Crippen LogP contribution is -2.25. The molecule has 0 radical (unpaired) electrons. The number of ether oxygens (including phenoxy) is 1. The third kappa shape index (κ3) is 7.38. The van der Waals surface area contributed by atoms with Crippen molar-refractivity contribution in [3.05, 3.63) is 60.2 Å². The van der Waals surface area contributed by atoms with Crippen LogP contribution in [0.3, 0.4) is 0 Å². The van der Waals surface area contributed by atoms with Gasteiger partial charge in [0.2, 0.25) is 15.9 Å². The van der Waals surface area contributed by atoms with Gasteiger partial charge in [0, 0.05) is 18.7 Å². The standard InChI is InChI=1S/C19H20N2O4S/c1-16(22)21-18-10-7-11-19(14-18)25-13-6-5-12-20-26(23,24)15-17-8-3-2-4-9-17/h2-4,7-11,14,20H,12-13,15H2,1H3,(H,21,22). The van der Waals surface area contributed by atoms with Crippen LogP contribution in [0.25, 0.3) is 0 Å². The fourth-order valence-electron chi connectivity index (χ4n) is 2.09. The molecule has 6 nitrogen and oxygen atoms in total. The molecule has 7 heteroatoms. The number of anilines is 1. The van der Waals surface area contributed by atoms with Crippen LogP contribution < -0.4 is 14.8 Å². The summed E-state index contributed by atoms with van der Waals surface area (Å²) in [4.78, 5) is 11.0. The Morgan fingerprint density at radius 2 is 1.85 bits per heavy atom. The van der Waals surface area contributed by atoms with E-state index in [4.69, 9.17) is 4.74 Å². The molecule has 0 heterocycles. The smallest absolute Gasteiger partial charge is 0.221 e. The molecule has 0 aliphatic rings. The summed E-state index contributed by atoms with van der Waals surface area (Å²) in [6.45, 7) is 1.56. The van der Waals surface area contributed by atoms with E-state index in [2.05, 4.69) is 21.9 Å². The molecule has 0 aromatic heterocycles. The number of benzene rings is 2. The van der Waals surface area contributed by atoms with Crippen LogP contribution in [0, 0.1) is 11.8 Å². The van der Waals surface area contributed by atoms with E-state index in [0.29, 0.717) is 11.4 Å². The molecule has 0 spiro atoms. The Hall–Kier alpha value is -2.82. The first-order chi connectivity index (χ1) is 12.4. The molecular formula is C19H20N2O4S. The minimum absolute atomic E-state index is 0.0183. The third-order valence-corrected chi connectivity index (χ3v) is 4.47. The van der Waals surface area contributed by atoms with E-state index in [9.17, 15) is 13.2 Å². The number of amides is 1.